The van der Waals surface area contributed by atoms with Crippen LogP contribution in [0.3, 0.4) is 0 Å². The molecular weight excluding hydrogens is 213 g/mol. The smallest absolute Gasteiger partial charge is 0.123 e. The van der Waals surface area contributed by atoms with Gasteiger partial charge in [-0.2, -0.15) is 0 Å². The van der Waals surface area contributed by atoms with E-state index in [1.54, 1.807) is 12.1 Å². The summed E-state index contributed by atoms with van der Waals surface area (Å²) in [7, 11) is 2.13. The second-order valence-corrected chi connectivity index (χ2v) is 3.69. The van der Waals surface area contributed by atoms with Crippen molar-refractivity contribution >= 4 is 0 Å². The standard InChI is InChI=1S/C11H14FN.2C2H6/c1-13-8-2-3-11(13)9-4-6-10(12)7-5-9;2*1-2/h4-7,11H,2-3,8H2,1H3;2*1-2H3. The molecule has 0 aliphatic carbocycles. The van der Waals surface area contributed by atoms with Crippen LogP contribution in [0.15, 0.2) is 24.3 Å². The Morgan fingerprint density at radius 2 is 1.59 bits per heavy atom. The Kier molecular flexibility index (Phi) is 8.69. The summed E-state index contributed by atoms with van der Waals surface area (Å²) in [6, 6.07) is 7.37. The van der Waals surface area contributed by atoms with E-state index in [4.69, 9.17) is 0 Å². The van der Waals surface area contributed by atoms with Crippen LogP contribution in [-0.4, -0.2) is 18.5 Å². The highest BCUT2D eigenvalue weighted by Gasteiger charge is 2.21. The van der Waals surface area contributed by atoms with Crippen LogP contribution in [0.2, 0.25) is 0 Å². The summed E-state index contributed by atoms with van der Waals surface area (Å²) in [6.45, 7) is 9.15. The van der Waals surface area contributed by atoms with Crippen molar-refractivity contribution in [1.82, 2.24) is 4.90 Å². The lowest BCUT2D eigenvalue weighted by Gasteiger charge is -2.19. The van der Waals surface area contributed by atoms with Gasteiger partial charge in [-0.15, -0.1) is 0 Å². The lowest BCUT2D eigenvalue weighted by Crippen LogP contribution is -2.17. The second kappa shape index (κ2) is 9.17. The minimum atomic E-state index is -0.149. The minimum Gasteiger partial charge on any atom is -0.299 e. The molecule has 2 rings (SSSR count). The Bertz CT molecular complexity index is 281. The van der Waals surface area contributed by atoms with Crippen LogP contribution in [0, 0.1) is 5.82 Å². The Labute approximate surface area is 106 Å². The first-order chi connectivity index (χ1) is 8.27. The molecule has 1 atom stereocenters. The van der Waals surface area contributed by atoms with Crippen LogP contribution >= 0.6 is 0 Å². The predicted octanol–water partition coefficient (Wildman–Crippen LogP) is 4.64. The number of hydrogen-bond acceptors (Lipinski definition) is 1. The topological polar surface area (TPSA) is 3.24 Å². The molecule has 0 saturated carbocycles. The molecule has 1 aliphatic heterocycles. The molecule has 1 aliphatic rings. The van der Waals surface area contributed by atoms with E-state index in [0.29, 0.717) is 6.04 Å². The third-order valence-corrected chi connectivity index (χ3v) is 2.78. The molecule has 2 heteroatoms. The first-order valence-corrected chi connectivity index (χ1v) is 6.73. The first-order valence-electron chi connectivity index (χ1n) is 6.73. The lowest BCUT2D eigenvalue weighted by atomic mass is 10.1. The highest BCUT2D eigenvalue weighted by molar-refractivity contribution is 5.20. The molecule has 17 heavy (non-hydrogen) atoms. The highest BCUT2D eigenvalue weighted by atomic mass is 19.1. The quantitative estimate of drug-likeness (QED) is 0.690. The van der Waals surface area contributed by atoms with Crippen molar-refractivity contribution in [2.24, 2.45) is 0 Å². The Hall–Kier alpha value is -0.890. The van der Waals surface area contributed by atoms with Gasteiger partial charge in [-0.1, -0.05) is 39.8 Å². The molecule has 1 saturated heterocycles. The molecular formula is C15H26FN. The second-order valence-electron chi connectivity index (χ2n) is 3.69. The summed E-state index contributed by atoms with van der Waals surface area (Å²) < 4.78 is 12.7. The van der Waals surface area contributed by atoms with E-state index in [2.05, 4.69) is 11.9 Å². The number of rotatable bonds is 1. The summed E-state index contributed by atoms with van der Waals surface area (Å²) in [6.07, 6.45) is 2.45. The van der Waals surface area contributed by atoms with Gasteiger partial charge >= 0.3 is 0 Å². The number of benzene rings is 1. The van der Waals surface area contributed by atoms with Gasteiger partial charge in [-0.25, -0.2) is 4.39 Å². The minimum absolute atomic E-state index is 0.149. The third kappa shape index (κ3) is 4.86. The zero-order valence-corrected chi connectivity index (χ0v) is 11.8. The van der Waals surface area contributed by atoms with Gasteiger partial charge in [0.2, 0.25) is 0 Å². The Morgan fingerprint density at radius 3 is 2.00 bits per heavy atom. The summed E-state index contributed by atoms with van der Waals surface area (Å²) in [5.41, 5.74) is 1.24. The van der Waals surface area contributed by atoms with Crippen molar-refractivity contribution in [3.05, 3.63) is 35.6 Å². The monoisotopic (exact) mass is 239 g/mol. The van der Waals surface area contributed by atoms with Crippen LogP contribution in [-0.2, 0) is 0 Å². The molecule has 1 unspecified atom stereocenters. The predicted molar refractivity (Wildman–Crippen MR) is 73.7 cm³/mol. The van der Waals surface area contributed by atoms with Gasteiger partial charge in [-0.05, 0) is 44.1 Å². The van der Waals surface area contributed by atoms with Gasteiger partial charge in [0, 0.05) is 6.04 Å². The molecule has 1 aromatic carbocycles. The number of likely N-dealkylation sites (tertiary alicyclic amines) is 1. The van der Waals surface area contributed by atoms with Crippen molar-refractivity contribution in [2.45, 2.75) is 46.6 Å². The highest BCUT2D eigenvalue weighted by Crippen LogP contribution is 2.29. The molecule has 98 valence electrons. The van der Waals surface area contributed by atoms with Gasteiger partial charge < -0.3 is 0 Å². The van der Waals surface area contributed by atoms with E-state index in [-0.39, 0.29) is 5.82 Å². The SMILES string of the molecule is CC.CC.CN1CCCC1c1ccc(F)cc1. The maximum Gasteiger partial charge on any atom is 0.123 e. The molecule has 1 aromatic rings. The lowest BCUT2D eigenvalue weighted by molar-refractivity contribution is 0.317. The maximum absolute atomic E-state index is 12.7. The van der Waals surface area contributed by atoms with Gasteiger partial charge in [0.05, 0.1) is 0 Å². The van der Waals surface area contributed by atoms with Crippen molar-refractivity contribution in [1.29, 1.82) is 0 Å². The fourth-order valence-electron chi connectivity index (χ4n) is 2.02. The average molecular weight is 239 g/mol. The normalized spacial score (nSPS) is 18.8. The molecule has 1 heterocycles. The zero-order chi connectivity index (χ0) is 13.3. The van der Waals surface area contributed by atoms with Crippen molar-refractivity contribution in [3.8, 4) is 0 Å². The first kappa shape index (κ1) is 16.1. The molecule has 1 fully saturated rings. The molecule has 1 nitrogen and oxygen atoms in total. The van der Waals surface area contributed by atoms with Crippen molar-refractivity contribution < 1.29 is 4.39 Å². The summed E-state index contributed by atoms with van der Waals surface area (Å²) in [4.78, 5) is 2.33. The van der Waals surface area contributed by atoms with Gasteiger partial charge in [0.15, 0.2) is 0 Å². The zero-order valence-electron chi connectivity index (χ0n) is 11.8. The van der Waals surface area contributed by atoms with Crippen LogP contribution < -0.4 is 0 Å². The van der Waals surface area contributed by atoms with E-state index in [0.717, 1.165) is 6.54 Å². The van der Waals surface area contributed by atoms with Crippen LogP contribution in [0.1, 0.15) is 52.1 Å². The molecule has 0 radical (unpaired) electrons. The number of nitrogens with zero attached hydrogens (tertiary/aromatic N) is 1. The number of halogens is 1. The van der Waals surface area contributed by atoms with Crippen LogP contribution in [0.25, 0.3) is 0 Å². The van der Waals surface area contributed by atoms with Crippen molar-refractivity contribution in [3.63, 3.8) is 0 Å². The van der Waals surface area contributed by atoms with Gasteiger partial charge in [0.1, 0.15) is 5.82 Å². The van der Waals surface area contributed by atoms with E-state index in [1.165, 1.54) is 18.4 Å². The van der Waals surface area contributed by atoms with E-state index < -0.39 is 0 Å². The average Bonchev–Trinajstić information content (AvgIpc) is 2.82. The van der Waals surface area contributed by atoms with Crippen LogP contribution in [0.5, 0.6) is 0 Å². The molecule has 0 N–H and O–H groups in total. The largest absolute Gasteiger partial charge is 0.299 e. The molecule has 0 amide bonds. The van der Waals surface area contributed by atoms with Crippen LogP contribution in [0.4, 0.5) is 4.39 Å². The Morgan fingerprint density at radius 1 is 1.06 bits per heavy atom. The van der Waals surface area contributed by atoms with Crippen molar-refractivity contribution in [2.75, 3.05) is 13.6 Å². The summed E-state index contributed by atoms with van der Waals surface area (Å²) in [5.74, 6) is -0.149. The van der Waals surface area contributed by atoms with E-state index in [1.807, 2.05) is 39.8 Å². The third-order valence-electron chi connectivity index (χ3n) is 2.78. The van der Waals surface area contributed by atoms with E-state index >= 15 is 0 Å². The molecule has 0 aromatic heterocycles. The van der Waals surface area contributed by atoms with Gasteiger partial charge in [0.25, 0.3) is 0 Å². The fourth-order valence-corrected chi connectivity index (χ4v) is 2.02. The Balaban J connectivity index is 0.000000581. The fraction of sp³-hybridized carbons (Fsp3) is 0.600. The summed E-state index contributed by atoms with van der Waals surface area (Å²) in [5, 5.41) is 0. The van der Waals surface area contributed by atoms with E-state index in [9.17, 15) is 4.39 Å². The number of hydrogen-bond donors (Lipinski definition) is 0. The maximum atomic E-state index is 12.7. The molecule has 0 spiro atoms. The van der Waals surface area contributed by atoms with Gasteiger partial charge in [-0.3, -0.25) is 4.90 Å². The molecule has 0 bridgehead atoms. The summed E-state index contributed by atoms with van der Waals surface area (Å²) >= 11 is 0.